The maximum absolute atomic E-state index is 13.9. The number of para-hydroxylation sites is 1. The summed E-state index contributed by atoms with van der Waals surface area (Å²) in [6.07, 6.45) is 3.27. The molecule has 1 N–H and O–H groups in total. The number of likely N-dealkylation sites (tertiary alicyclic amines) is 2. The van der Waals surface area contributed by atoms with Gasteiger partial charge in [0, 0.05) is 75.0 Å². The summed E-state index contributed by atoms with van der Waals surface area (Å²) in [7, 11) is 2.17. The number of nitrogens with zero attached hydrogens (tertiary/aromatic N) is 5. The van der Waals surface area contributed by atoms with E-state index in [2.05, 4.69) is 28.2 Å². The van der Waals surface area contributed by atoms with Crippen LogP contribution in [0.4, 0.5) is 15.3 Å². The molecule has 4 aliphatic rings. The average Bonchev–Trinajstić information content (AvgIpc) is 3.24. The van der Waals surface area contributed by atoms with Crippen molar-refractivity contribution in [1.29, 1.82) is 0 Å². The molecule has 1 atom stereocenters. The molecule has 0 spiro atoms. The Morgan fingerprint density at radius 2 is 1.59 bits per heavy atom. The molecule has 4 aliphatic heterocycles. The number of rotatable bonds is 6. The van der Waals surface area contributed by atoms with Gasteiger partial charge in [0.15, 0.2) is 6.10 Å². The van der Waals surface area contributed by atoms with E-state index in [0.29, 0.717) is 56.6 Å². The Labute approximate surface area is 277 Å². The van der Waals surface area contributed by atoms with Gasteiger partial charge in [0.25, 0.3) is 5.91 Å². The van der Waals surface area contributed by atoms with Crippen molar-refractivity contribution >= 4 is 35.3 Å². The minimum absolute atomic E-state index is 0.0337. The molecular formula is C35H47ClN6O4. The lowest BCUT2D eigenvalue weighted by Crippen LogP contribution is -2.56. The van der Waals surface area contributed by atoms with Crippen LogP contribution in [0.15, 0.2) is 42.5 Å². The van der Waals surface area contributed by atoms with Gasteiger partial charge in [-0.3, -0.25) is 9.69 Å². The summed E-state index contributed by atoms with van der Waals surface area (Å²) in [5, 5.41) is 3.68. The smallest absolute Gasteiger partial charge is 0.410 e. The summed E-state index contributed by atoms with van der Waals surface area (Å²) in [6, 6.07) is 14.2. The number of benzene rings is 2. The minimum Gasteiger partial charge on any atom is -0.436 e. The molecule has 10 nitrogen and oxygen atoms in total. The lowest BCUT2D eigenvalue weighted by molar-refractivity contribution is -0.143. The molecule has 3 fully saturated rings. The molecule has 0 bridgehead atoms. The third kappa shape index (κ3) is 7.61. The minimum atomic E-state index is -0.936. The number of hydrogen-bond donors (Lipinski definition) is 1. The van der Waals surface area contributed by atoms with Gasteiger partial charge in [0.2, 0.25) is 0 Å². The van der Waals surface area contributed by atoms with Crippen LogP contribution in [0.3, 0.4) is 0 Å². The summed E-state index contributed by atoms with van der Waals surface area (Å²) in [5.41, 5.74) is 3.82. The molecule has 4 amide bonds. The fraction of sp³-hybridized carbons (Fsp3) is 0.571. The number of aryl methyl sites for hydroxylation is 1. The van der Waals surface area contributed by atoms with Gasteiger partial charge >= 0.3 is 12.1 Å². The van der Waals surface area contributed by atoms with Crippen molar-refractivity contribution in [1.82, 2.24) is 24.5 Å². The van der Waals surface area contributed by atoms with Gasteiger partial charge in [-0.25, -0.2) is 9.59 Å². The number of carbonyl (C=O) groups is 3. The van der Waals surface area contributed by atoms with E-state index in [-0.39, 0.29) is 24.4 Å². The number of urea groups is 1. The number of amides is 4. The first-order valence-corrected chi connectivity index (χ1v) is 17.2. The Morgan fingerprint density at radius 3 is 2.30 bits per heavy atom. The number of piperazine rings is 1. The Kier molecular flexibility index (Phi) is 10.4. The second-order valence-corrected chi connectivity index (χ2v) is 13.7. The second-order valence-electron chi connectivity index (χ2n) is 13.3. The molecular weight excluding hydrogens is 604 g/mol. The highest BCUT2D eigenvalue weighted by atomic mass is 35.5. The first-order chi connectivity index (χ1) is 22.2. The predicted octanol–water partition coefficient (Wildman–Crippen LogP) is 4.49. The van der Waals surface area contributed by atoms with Gasteiger partial charge in [-0.2, -0.15) is 0 Å². The first-order valence-electron chi connectivity index (χ1n) is 16.8. The number of hydrogen-bond acceptors (Lipinski definition) is 6. The lowest BCUT2D eigenvalue weighted by Gasteiger charge is -2.42. The molecule has 0 aliphatic carbocycles. The van der Waals surface area contributed by atoms with Crippen molar-refractivity contribution in [3.63, 3.8) is 0 Å². The number of piperidine rings is 2. The molecule has 0 saturated carbocycles. The third-order valence-corrected chi connectivity index (χ3v) is 10.7. The fourth-order valence-electron chi connectivity index (χ4n) is 7.32. The predicted molar refractivity (Wildman–Crippen MR) is 179 cm³/mol. The highest BCUT2D eigenvalue weighted by Gasteiger charge is 2.36. The van der Waals surface area contributed by atoms with Crippen LogP contribution >= 0.6 is 11.6 Å². The summed E-state index contributed by atoms with van der Waals surface area (Å²) < 4.78 is 6.04. The first kappa shape index (κ1) is 32.6. The standard InChI is InChI=1S/C35H47ClN6O4/c1-25-7-8-26(23-30(25)36)24-32(33(43)40-21-19-39(20-22-40)28-10-14-38(2)15-11-28)46-35(45)41-16-12-29(13-17-41)42-18-9-27-5-3-4-6-31(27)37-34(42)44/h3-8,23,28-29,32H,9-22,24H2,1-2H3,(H,37,44)/t32-/m1/s1. The number of anilines is 1. The summed E-state index contributed by atoms with van der Waals surface area (Å²) >= 11 is 6.42. The van der Waals surface area contributed by atoms with Gasteiger partial charge in [-0.05, 0) is 88.0 Å². The van der Waals surface area contributed by atoms with E-state index in [9.17, 15) is 14.4 Å². The molecule has 4 heterocycles. The molecule has 6 rings (SSSR count). The molecule has 3 saturated heterocycles. The van der Waals surface area contributed by atoms with Crippen molar-refractivity contribution in [2.45, 2.75) is 63.6 Å². The van der Waals surface area contributed by atoms with Crippen LogP contribution in [-0.2, 0) is 22.4 Å². The van der Waals surface area contributed by atoms with Crippen molar-refractivity contribution < 1.29 is 19.1 Å². The van der Waals surface area contributed by atoms with Crippen molar-refractivity contribution in [2.75, 3.05) is 71.3 Å². The van der Waals surface area contributed by atoms with Crippen molar-refractivity contribution in [3.8, 4) is 0 Å². The van der Waals surface area contributed by atoms with Gasteiger partial charge in [-0.1, -0.05) is 41.9 Å². The van der Waals surface area contributed by atoms with Crippen molar-refractivity contribution in [2.24, 2.45) is 0 Å². The highest BCUT2D eigenvalue weighted by molar-refractivity contribution is 6.31. The molecule has 2 aromatic rings. The van der Waals surface area contributed by atoms with Gasteiger partial charge in [0.05, 0.1) is 0 Å². The Bertz CT molecular complexity index is 1400. The Hall–Kier alpha value is -3.34. The van der Waals surface area contributed by atoms with E-state index in [0.717, 1.165) is 67.8 Å². The van der Waals surface area contributed by atoms with E-state index < -0.39 is 12.2 Å². The zero-order valence-electron chi connectivity index (χ0n) is 27.1. The van der Waals surface area contributed by atoms with Crippen LogP contribution in [-0.4, -0.2) is 127 Å². The number of fused-ring (bicyclic) bond motifs is 1. The monoisotopic (exact) mass is 650 g/mol. The molecule has 46 heavy (non-hydrogen) atoms. The van der Waals surface area contributed by atoms with Crippen LogP contribution in [0.1, 0.15) is 42.4 Å². The van der Waals surface area contributed by atoms with E-state index in [1.54, 1.807) is 4.90 Å². The number of carbonyl (C=O) groups excluding carboxylic acids is 3. The maximum Gasteiger partial charge on any atom is 0.410 e. The number of ether oxygens (including phenoxy) is 1. The van der Waals surface area contributed by atoms with E-state index >= 15 is 0 Å². The SMILES string of the molecule is Cc1ccc(C[C@@H](OC(=O)N2CCC(N3CCc4ccccc4NC3=O)CC2)C(=O)N2CCN(C3CCN(C)CC3)CC2)cc1Cl. The number of halogens is 1. The van der Waals surface area contributed by atoms with Gasteiger partial charge < -0.3 is 29.7 Å². The number of nitrogens with one attached hydrogen (secondary N) is 1. The Morgan fingerprint density at radius 1 is 0.891 bits per heavy atom. The average molecular weight is 651 g/mol. The third-order valence-electron chi connectivity index (χ3n) is 10.3. The van der Waals surface area contributed by atoms with Crippen LogP contribution in [0.5, 0.6) is 0 Å². The van der Waals surface area contributed by atoms with Crippen LogP contribution < -0.4 is 5.32 Å². The van der Waals surface area contributed by atoms with E-state index in [1.165, 1.54) is 0 Å². The largest absolute Gasteiger partial charge is 0.436 e. The molecule has 0 radical (unpaired) electrons. The molecule has 2 aromatic carbocycles. The molecule has 0 aromatic heterocycles. The fourth-order valence-corrected chi connectivity index (χ4v) is 7.53. The Balaban J connectivity index is 1.07. The topological polar surface area (TPSA) is 88.7 Å². The lowest BCUT2D eigenvalue weighted by atomic mass is 10.0. The van der Waals surface area contributed by atoms with Gasteiger partial charge in [-0.15, -0.1) is 0 Å². The highest BCUT2D eigenvalue weighted by Crippen LogP contribution is 2.26. The van der Waals surface area contributed by atoms with E-state index in [4.69, 9.17) is 16.3 Å². The molecule has 11 heteroatoms. The van der Waals surface area contributed by atoms with Crippen molar-refractivity contribution in [3.05, 3.63) is 64.2 Å². The van der Waals surface area contributed by atoms with Crippen LogP contribution in [0.25, 0.3) is 0 Å². The second kappa shape index (κ2) is 14.6. The normalized spacial score (nSPS) is 21.4. The van der Waals surface area contributed by atoms with Crippen LogP contribution in [0.2, 0.25) is 5.02 Å². The summed E-state index contributed by atoms with van der Waals surface area (Å²) in [4.78, 5) is 50.9. The van der Waals surface area contributed by atoms with E-state index in [1.807, 2.05) is 53.1 Å². The van der Waals surface area contributed by atoms with Gasteiger partial charge in [0.1, 0.15) is 0 Å². The molecule has 0 unspecified atom stereocenters. The zero-order chi connectivity index (χ0) is 32.2. The van der Waals surface area contributed by atoms with Crippen LogP contribution in [0, 0.1) is 6.92 Å². The summed E-state index contributed by atoms with van der Waals surface area (Å²) in [5.74, 6) is -0.149. The zero-order valence-corrected chi connectivity index (χ0v) is 27.9. The summed E-state index contributed by atoms with van der Waals surface area (Å²) in [6.45, 7) is 8.64. The maximum atomic E-state index is 13.9. The molecule has 248 valence electrons. The quantitative estimate of drug-likeness (QED) is 0.496.